The highest BCUT2D eigenvalue weighted by atomic mass is 35.5. The lowest BCUT2D eigenvalue weighted by atomic mass is 10.3. The van der Waals surface area contributed by atoms with Crippen LogP contribution in [0.15, 0.2) is 12.3 Å². The summed E-state index contributed by atoms with van der Waals surface area (Å²) in [4.78, 5) is 3.87. The van der Waals surface area contributed by atoms with Gasteiger partial charge in [-0.1, -0.05) is 11.6 Å². The molecule has 0 bridgehead atoms. The predicted octanol–water partition coefficient (Wildman–Crippen LogP) is 1.19. The number of nitrogens with two attached hydrogens (primary N) is 1. The van der Waals surface area contributed by atoms with Crippen molar-refractivity contribution in [1.82, 2.24) is 15.2 Å². The van der Waals surface area contributed by atoms with E-state index in [0.29, 0.717) is 16.4 Å². The molecular formula is C6H5ClN4. The number of H-pyrrole nitrogens is 1. The summed E-state index contributed by atoms with van der Waals surface area (Å²) in [6.07, 6.45) is 1.60. The number of fused-ring (bicyclic) bond motifs is 1. The Morgan fingerprint density at radius 1 is 1.55 bits per heavy atom. The molecule has 2 aromatic rings. The number of halogens is 1. The molecule has 5 heteroatoms. The Hall–Kier alpha value is -1.29. The van der Waals surface area contributed by atoms with Gasteiger partial charge in [0.1, 0.15) is 5.15 Å². The van der Waals surface area contributed by atoms with Crippen LogP contribution in [0.2, 0.25) is 5.15 Å². The molecule has 0 amide bonds. The second-order valence-corrected chi connectivity index (χ2v) is 2.49. The maximum absolute atomic E-state index is 5.75. The van der Waals surface area contributed by atoms with Gasteiger partial charge in [-0.05, 0) is 6.07 Å². The lowest BCUT2D eigenvalue weighted by Gasteiger charge is -1.90. The van der Waals surface area contributed by atoms with Gasteiger partial charge < -0.3 is 5.73 Å². The fourth-order valence-electron chi connectivity index (χ4n) is 0.949. The van der Waals surface area contributed by atoms with Crippen LogP contribution in [0.1, 0.15) is 0 Å². The molecule has 2 aromatic heterocycles. The Morgan fingerprint density at radius 2 is 2.36 bits per heavy atom. The molecule has 0 atom stereocenters. The molecule has 2 rings (SSSR count). The highest BCUT2D eigenvalue weighted by Crippen LogP contribution is 2.23. The number of aromatic amines is 1. The van der Waals surface area contributed by atoms with Gasteiger partial charge in [-0.3, -0.25) is 5.10 Å². The van der Waals surface area contributed by atoms with Crippen LogP contribution in [0, 0.1) is 0 Å². The van der Waals surface area contributed by atoms with Crippen molar-refractivity contribution >= 4 is 28.3 Å². The second-order valence-electron chi connectivity index (χ2n) is 2.13. The summed E-state index contributed by atoms with van der Waals surface area (Å²) in [7, 11) is 0. The molecule has 0 fully saturated rings. The summed E-state index contributed by atoms with van der Waals surface area (Å²) in [6, 6.07) is 1.77. The van der Waals surface area contributed by atoms with Gasteiger partial charge in [0.15, 0.2) is 5.82 Å². The monoisotopic (exact) mass is 168 g/mol. The largest absolute Gasteiger partial charge is 0.382 e. The van der Waals surface area contributed by atoms with E-state index in [0.717, 1.165) is 5.52 Å². The number of nitrogens with zero attached hydrogens (tertiary/aromatic N) is 2. The van der Waals surface area contributed by atoms with E-state index in [1.807, 2.05) is 0 Å². The minimum Gasteiger partial charge on any atom is -0.382 e. The molecule has 0 aromatic carbocycles. The van der Waals surface area contributed by atoms with Gasteiger partial charge in [-0.25, -0.2) is 4.98 Å². The molecule has 0 spiro atoms. The van der Waals surface area contributed by atoms with Gasteiger partial charge in [0.25, 0.3) is 0 Å². The average molecular weight is 169 g/mol. The van der Waals surface area contributed by atoms with Gasteiger partial charge in [0, 0.05) is 6.20 Å². The lowest BCUT2D eigenvalue weighted by molar-refractivity contribution is 1.13. The molecule has 0 aliphatic carbocycles. The molecular weight excluding hydrogens is 164 g/mol. The minimum atomic E-state index is 0.383. The Labute approximate surface area is 67.4 Å². The first kappa shape index (κ1) is 6.42. The highest BCUT2D eigenvalue weighted by molar-refractivity contribution is 6.35. The van der Waals surface area contributed by atoms with E-state index in [-0.39, 0.29) is 0 Å². The third-order valence-corrected chi connectivity index (χ3v) is 1.74. The van der Waals surface area contributed by atoms with Crippen molar-refractivity contribution in [2.45, 2.75) is 0 Å². The lowest BCUT2D eigenvalue weighted by Crippen LogP contribution is -1.85. The first-order chi connectivity index (χ1) is 5.29. The van der Waals surface area contributed by atoms with E-state index < -0.39 is 0 Å². The van der Waals surface area contributed by atoms with E-state index in [2.05, 4.69) is 15.2 Å². The molecule has 0 unspecified atom stereocenters. The summed E-state index contributed by atoms with van der Waals surface area (Å²) in [6.45, 7) is 0. The molecule has 0 aliphatic heterocycles. The molecule has 0 aliphatic rings. The van der Waals surface area contributed by atoms with Crippen molar-refractivity contribution in [2.75, 3.05) is 5.73 Å². The zero-order valence-corrected chi connectivity index (χ0v) is 6.26. The van der Waals surface area contributed by atoms with E-state index in [9.17, 15) is 0 Å². The smallest absolute Gasteiger partial charge is 0.156 e. The summed E-state index contributed by atoms with van der Waals surface area (Å²) >= 11 is 5.75. The molecule has 3 N–H and O–H groups in total. The minimum absolute atomic E-state index is 0.383. The normalized spacial score (nSPS) is 10.6. The number of aromatic nitrogens is 3. The maximum atomic E-state index is 5.75. The molecule has 4 nitrogen and oxygen atoms in total. The molecule has 11 heavy (non-hydrogen) atoms. The molecule has 0 saturated carbocycles. The quantitative estimate of drug-likeness (QED) is 0.581. The number of anilines is 1. The Balaban J connectivity index is 2.96. The standard InChI is InChI=1S/C6H5ClN4/c7-5-4-3(1-2-9-5)10-11-6(4)8/h1-2H,(H3,8,10,11). The SMILES string of the molecule is Nc1n[nH]c2ccnc(Cl)c12. The summed E-state index contributed by atoms with van der Waals surface area (Å²) in [5.41, 5.74) is 6.32. The van der Waals surface area contributed by atoms with Crippen molar-refractivity contribution in [3.63, 3.8) is 0 Å². The van der Waals surface area contributed by atoms with Gasteiger partial charge in [0.05, 0.1) is 10.9 Å². The van der Waals surface area contributed by atoms with Crippen molar-refractivity contribution in [1.29, 1.82) is 0 Å². The maximum Gasteiger partial charge on any atom is 0.156 e. The van der Waals surface area contributed by atoms with Crippen molar-refractivity contribution in [3.8, 4) is 0 Å². The summed E-state index contributed by atoms with van der Waals surface area (Å²) in [5, 5.41) is 7.59. The Bertz CT molecular complexity index is 394. The van der Waals surface area contributed by atoms with Crippen LogP contribution in [-0.2, 0) is 0 Å². The predicted molar refractivity (Wildman–Crippen MR) is 43.3 cm³/mol. The fraction of sp³-hybridized carbons (Fsp3) is 0. The van der Waals surface area contributed by atoms with Gasteiger partial charge in [-0.15, -0.1) is 0 Å². The van der Waals surface area contributed by atoms with Gasteiger partial charge in [0.2, 0.25) is 0 Å². The molecule has 56 valence electrons. The fourth-order valence-corrected chi connectivity index (χ4v) is 1.20. The van der Waals surface area contributed by atoms with Crippen LogP contribution < -0.4 is 5.73 Å². The highest BCUT2D eigenvalue weighted by Gasteiger charge is 2.05. The van der Waals surface area contributed by atoms with Crippen LogP contribution in [0.5, 0.6) is 0 Å². The van der Waals surface area contributed by atoms with Crippen molar-refractivity contribution in [2.24, 2.45) is 0 Å². The van der Waals surface area contributed by atoms with Gasteiger partial charge >= 0.3 is 0 Å². The number of hydrogen-bond acceptors (Lipinski definition) is 3. The van der Waals surface area contributed by atoms with Crippen molar-refractivity contribution < 1.29 is 0 Å². The summed E-state index contributed by atoms with van der Waals surface area (Å²) < 4.78 is 0. The molecule has 0 saturated heterocycles. The summed E-state index contributed by atoms with van der Waals surface area (Å²) in [5.74, 6) is 0.387. The van der Waals surface area contributed by atoms with E-state index in [1.165, 1.54) is 0 Å². The number of nitrogen functional groups attached to an aromatic ring is 1. The number of pyridine rings is 1. The number of rotatable bonds is 0. The number of nitrogens with one attached hydrogen (secondary N) is 1. The van der Waals surface area contributed by atoms with Crippen LogP contribution in [-0.4, -0.2) is 15.2 Å². The zero-order chi connectivity index (χ0) is 7.84. The first-order valence-electron chi connectivity index (χ1n) is 3.03. The second kappa shape index (κ2) is 2.10. The zero-order valence-electron chi connectivity index (χ0n) is 5.50. The molecule has 2 heterocycles. The van der Waals surface area contributed by atoms with Crippen LogP contribution >= 0.6 is 11.6 Å². The van der Waals surface area contributed by atoms with Crippen LogP contribution in [0.3, 0.4) is 0 Å². The van der Waals surface area contributed by atoms with Crippen LogP contribution in [0.4, 0.5) is 5.82 Å². The van der Waals surface area contributed by atoms with E-state index >= 15 is 0 Å². The van der Waals surface area contributed by atoms with Gasteiger partial charge in [-0.2, -0.15) is 5.10 Å². The topological polar surface area (TPSA) is 67.6 Å². The third-order valence-electron chi connectivity index (χ3n) is 1.46. The molecule has 0 radical (unpaired) electrons. The van der Waals surface area contributed by atoms with E-state index in [4.69, 9.17) is 17.3 Å². The number of hydrogen-bond donors (Lipinski definition) is 2. The first-order valence-corrected chi connectivity index (χ1v) is 3.41. The Morgan fingerprint density at radius 3 is 3.09 bits per heavy atom. The van der Waals surface area contributed by atoms with Crippen LogP contribution in [0.25, 0.3) is 10.9 Å². The Kier molecular flexibility index (Phi) is 1.22. The average Bonchev–Trinajstić information content (AvgIpc) is 2.34. The third kappa shape index (κ3) is 0.832. The van der Waals surface area contributed by atoms with E-state index in [1.54, 1.807) is 12.3 Å². The van der Waals surface area contributed by atoms with Crippen molar-refractivity contribution in [3.05, 3.63) is 17.4 Å².